The van der Waals surface area contributed by atoms with Gasteiger partial charge in [0.15, 0.2) is 0 Å². The number of amides is 1. The number of carbonyl (C=O) groups excluding carboxylic acids is 1. The molecule has 0 radical (unpaired) electrons. The van der Waals surface area contributed by atoms with Crippen molar-refractivity contribution >= 4 is 17.5 Å². The van der Waals surface area contributed by atoms with Crippen LogP contribution in [0.3, 0.4) is 0 Å². The van der Waals surface area contributed by atoms with Gasteiger partial charge in [-0.1, -0.05) is 23.7 Å². The standard InChI is InChI=1S/C21H24ClFN2O/c1-14-11-18(19(22)13-20(14)23)15-5-3-6-16(12-15)21(26)24-9-8-17-7-4-10-25(17)2/h3,5-6,11-13,17H,4,7-10H2,1-2H3,(H,24,26)/t17-/m1/s1. The Morgan fingerprint density at radius 3 is 2.88 bits per heavy atom. The van der Waals surface area contributed by atoms with Crippen LogP contribution in [-0.4, -0.2) is 37.0 Å². The Hall–Kier alpha value is -1.91. The van der Waals surface area contributed by atoms with Crippen LogP contribution in [0.15, 0.2) is 36.4 Å². The number of halogens is 2. The highest BCUT2D eigenvalue weighted by molar-refractivity contribution is 6.33. The minimum absolute atomic E-state index is 0.0949. The summed E-state index contributed by atoms with van der Waals surface area (Å²) in [5, 5.41) is 3.34. The van der Waals surface area contributed by atoms with E-state index in [4.69, 9.17) is 11.6 Å². The third kappa shape index (κ3) is 4.25. The van der Waals surface area contributed by atoms with Gasteiger partial charge in [0.05, 0.1) is 5.02 Å². The van der Waals surface area contributed by atoms with Gasteiger partial charge in [0.1, 0.15) is 5.82 Å². The van der Waals surface area contributed by atoms with E-state index in [9.17, 15) is 9.18 Å². The third-order valence-corrected chi connectivity index (χ3v) is 5.43. The molecule has 1 N–H and O–H groups in total. The van der Waals surface area contributed by atoms with Gasteiger partial charge in [-0.2, -0.15) is 0 Å². The second-order valence-electron chi connectivity index (χ2n) is 6.98. The highest BCUT2D eigenvalue weighted by Gasteiger charge is 2.20. The molecular formula is C21H24ClFN2O. The second-order valence-corrected chi connectivity index (χ2v) is 7.39. The first-order valence-electron chi connectivity index (χ1n) is 9.00. The lowest BCUT2D eigenvalue weighted by atomic mass is 10.0. The molecule has 0 spiro atoms. The van der Waals surface area contributed by atoms with Gasteiger partial charge in [-0.15, -0.1) is 0 Å². The third-order valence-electron chi connectivity index (χ3n) is 5.12. The van der Waals surface area contributed by atoms with Crippen molar-refractivity contribution in [3.8, 4) is 11.1 Å². The van der Waals surface area contributed by atoms with E-state index in [1.807, 2.05) is 12.1 Å². The summed E-state index contributed by atoms with van der Waals surface area (Å²) < 4.78 is 13.6. The Morgan fingerprint density at radius 2 is 2.15 bits per heavy atom. The van der Waals surface area contributed by atoms with Crippen molar-refractivity contribution < 1.29 is 9.18 Å². The first kappa shape index (κ1) is 18.9. The minimum atomic E-state index is -0.329. The molecule has 1 fully saturated rings. The number of carbonyl (C=O) groups is 1. The molecule has 0 bridgehead atoms. The fraction of sp³-hybridized carbons (Fsp3) is 0.381. The Bertz CT molecular complexity index is 809. The van der Waals surface area contributed by atoms with Crippen molar-refractivity contribution in [2.75, 3.05) is 20.1 Å². The summed E-state index contributed by atoms with van der Waals surface area (Å²) in [7, 11) is 2.14. The number of likely N-dealkylation sites (tertiary alicyclic amines) is 1. The van der Waals surface area contributed by atoms with E-state index in [2.05, 4.69) is 17.3 Å². The molecule has 138 valence electrons. The van der Waals surface area contributed by atoms with Gasteiger partial charge in [0.25, 0.3) is 5.91 Å². The lowest BCUT2D eigenvalue weighted by Crippen LogP contribution is -2.31. The summed E-state index contributed by atoms with van der Waals surface area (Å²) in [5.74, 6) is -0.424. The average molecular weight is 375 g/mol. The van der Waals surface area contributed by atoms with E-state index in [-0.39, 0.29) is 11.7 Å². The Morgan fingerprint density at radius 1 is 1.35 bits per heavy atom. The van der Waals surface area contributed by atoms with Gasteiger partial charge in [-0.3, -0.25) is 4.79 Å². The quantitative estimate of drug-likeness (QED) is 0.824. The van der Waals surface area contributed by atoms with Crippen LogP contribution in [0.4, 0.5) is 4.39 Å². The number of nitrogens with one attached hydrogen (secondary N) is 1. The van der Waals surface area contributed by atoms with E-state index in [1.54, 1.807) is 25.1 Å². The molecule has 1 saturated heterocycles. The summed E-state index contributed by atoms with van der Waals surface area (Å²) in [6.45, 7) is 3.50. The Kier molecular flexibility index (Phi) is 5.94. The zero-order chi connectivity index (χ0) is 18.7. The molecule has 1 atom stereocenters. The highest BCUT2D eigenvalue weighted by Crippen LogP contribution is 2.30. The van der Waals surface area contributed by atoms with Crippen molar-refractivity contribution in [1.29, 1.82) is 0 Å². The number of aryl methyl sites for hydroxylation is 1. The summed E-state index contributed by atoms with van der Waals surface area (Å²) in [6, 6.07) is 10.9. The monoisotopic (exact) mass is 374 g/mol. The molecule has 2 aromatic rings. The molecule has 0 unspecified atom stereocenters. The molecule has 1 aliphatic rings. The summed E-state index contributed by atoms with van der Waals surface area (Å²) >= 11 is 6.19. The minimum Gasteiger partial charge on any atom is -0.352 e. The maximum absolute atomic E-state index is 13.6. The van der Waals surface area contributed by atoms with E-state index >= 15 is 0 Å². The number of hydrogen-bond donors (Lipinski definition) is 1. The molecular weight excluding hydrogens is 351 g/mol. The smallest absolute Gasteiger partial charge is 0.251 e. The first-order valence-corrected chi connectivity index (χ1v) is 9.38. The molecule has 3 rings (SSSR count). The van der Waals surface area contributed by atoms with Crippen molar-refractivity contribution in [1.82, 2.24) is 10.2 Å². The van der Waals surface area contributed by atoms with Gasteiger partial charge in [-0.05, 0) is 75.2 Å². The maximum atomic E-state index is 13.6. The topological polar surface area (TPSA) is 32.3 Å². The maximum Gasteiger partial charge on any atom is 0.251 e. The molecule has 5 heteroatoms. The van der Waals surface area contributed by atoms with E-state index in [1.165, 1.54) is 18.9 Å². The van der Waals surface area contributed by atoms with Crippen molar-refractivity contribution in [2.24, 2.45) is 0 Å². The van der Waals surface area contributed by atoms with Crippen molar-refractivity contribution in [2.45, 2.75) is 32.2 Å². The zero-order valence-electron chi connectivity index (χ0n) is 15.2. The predicted molar refractivity (Wildman–Crippen MR) is 104 cm³/mol. The SMILES string of the molecule is Cc1cc(-c2cccc(C(=O)NCC[C@H]3CCCN3C)c2)c(Cl)cc1F. The molecule has 2 aromatic carbocycles. The van der Waals surface area contributed by atoms with Gasteiger partial charge in [-0.25, -0.2) is 4.39 Å². The molecule has 26 heavy (non-hydrogen) atoms. The van der Waals surface area contributed by atoms with E-state index in [0.29, 0.717) is 28.7 Å². The van der Waals surface area contributed by atoms with Crippen LogP contribution in [-0.2, 0) is 0 Å². The van der Waals surface area contributed by atoms with Gasteiger partial charge in [0.2, 0.25) is 0 Å². The van der Waals surface area contributed by atoms with Crippen molar-refractivity contribution in [3.63, 3.8) is 0 Å². The predicted octanol–water partition coefficient (Wildman–Crippen LogP) is 4.67. The number of benzene rings is 2. The van der Waals surface area contributed by atoms with E-state index in [0.717, 1.165) is 24.1 Å². The average Bonchev–Trinajstić information content (AvgIpc) is 3.03. The van der Waals surface area contributed by atoms with Gasteiger partial charge in [0, 0.05) is 23.7 Å². The highest BCUT2D eigenvalue weighted by atomic mass is 35.5. The normalized spacial score (nSPS) is 17.5. The number of rotatable bonds is 5. The van der Waals surface area contributed by atoms with Crippen molar-refractivity contribution in [3.05, 3.63) is 58.4 Å². The van der Waals surface area contributed by atoms with Crippen LogP contribution in [0.5, 0.6) is 0 Å². The van der Waals surface area contributed by atoms with Gasteiger partial charge < -0.3 is 10.2 Å². The van der Waals surface area contributed by atoms with Crippen LogP contribution in [0.25, 0.3) is 11.1 Å². The lowest BCUT2D eigenvalue weighted by molar-refractivity contribution is 0.0950. The molecule has 1 aliphatic heterocycles. The summed E-state index contributed by atoms with van der Waals surface area (Å²) in [6.07, 6.45) is 3.39. The first-order chi connectivity index (χ1) is 12.5. The van der Waals surface area contributed by atoms with Crippen LogP contribution in [0.1, 0.15) is 35.2 Å². The molecule has 0 aromatic heterocycles. The fourth-order valence-corrected chi connectivity index (χ4v) is 3.76. The molecule has 3 nitrogen and oxygen atoms in total. The number of nitrogens with zero attached hydrogens (tertiary/aromatic N) is 1. The molecule has 0 saturated carbocycles. The lowest BCUT2D eigenvalue weighted by Gasteiger charge is -2.19. The largest absolute Gasteiger partial charge is 0.352 e. The number of hydrogen-bond acceptors (Lipinski definition) is 2. The molecule has 0 aliphatic carbocycles. The Balaban J connectivity index is 1.69. The molecule has 1 heterocycles. The van der Waals surface area contributed by atoms with Crippen LogP contribution < -0.4 is 5.32 Å². The second kappa shape index (κ2) is 8.19. The molecule has 1 amide bonds. The Labute approximate surface area is 159 Å². The van der Waals surface area contributed by atoms with Gasteiger partial charge >= 0.3 is 0 Å². The summed E-state index contributed by atoms with van der Waals surface area (Å²) in [4.78, 5) is 14.8. The zero-order valence-corrected chi connectivity index (χ0v) is 15.9. The van der Waals surface area contributed by atoms with E-state index < -0.39 is 0 Å². The van der Waals surface area contributed by atoms with Crippen LogP contribution in [0, 0.1) is 12.7 Å². The summed E-state index contributed by atoms with van der Waals surface area (Å²) in [5.41, 5.74) is 2.65. The fourth-order valence-electron chi connectivity index (χ4n) is 3.50. The van der Waals surface area contributed by atoms with Crippen LogP contribution in [0.2, 0.25) is 5.02 Å². The van der Waals surface area contributed by atoms with Crippen LogP contribution >= 0.6 is 11.6 Å².